The maximum Gasteiger partial charge on any atom is 0.254 e. The third-order valence-electron chi connectivity index (χ3n) is 3.53. The number of anilines is 1. The van der Waals surface area contributed by atoms with E-state index in [1.807, 2.05) is 6.92 Å². The van der Waals surface area contributed by atoms with Gasteiger partial charge in [0.05, 0.1) is 0 Å². The molecule has 19 heavy (non-hydrogen) atoms. The smallest absolute Gasteiger partial charge is 0.254 e. The van der Waals surface area contributed by atoms with Gasteiger partial charge in [-0.25, -0.2) is 4.39 Å². The van der Waals surface area contributed by atoms with Gasteiger partial charge in [-0.05, 0) is 31.9 Å². The van der Waals surface area contributed by atoms with Crippen molar-refractivity contribution in [1.82, 2.24) is 4.90 Å². The summed E-state index contributed by atoms with van der Waals surface area (Å²) in [6.45, 7) is 9.01. The molecule has 0 saturated carbocycles. The lowest BCUT2D eigenvalue weighted by Gasteiger charge is -2.24. The molecule has 0 aliphatic heterocycles. The van der Waals surface area contributed by atoms with Crippen LogP contribution in [-0.2, 0) is 0 Å². The highest BCUT2D eigenvalue weighted by Crippen LogP contribution is 2.19. The van der Waals surface area contributed by atoms with Gasteiger partial charge in [0.15, 0.2) is 0 Å². The number of hydrogen-bond acceptors (Lipinski definition) is 2. The number of carbonyl (C=O) groups excluding carboxylic acids is 1. The molecule has 4 heteroatoms. The van der Waals surface area contributed by atoms with Crippen LogP contribution in [-0.4, -0.2) is 23.9 Å². The molecule has 0 aliphatic carbocycles. The summed E-state index contributed by atoms with van der Waals surface area (Å²) >= 11 is 0. The van der Waals surface area contributed by atoms with E-state index in [0.717, 1.165) is 6.42 Å². The molecule has 0 saturated heterocycles. The molecule has 0 bridgehead atoms. The summed E-state index contributed by atoms with van der Waals surface area (Å²) in [5, 5.41) is 0. The second-order valence-corrected chi connectivity index (χ2v) is 5.03. The van der Waals surface area contributed by atoms with Crippen molar-refractivity contribution in [3.8, 4) is 0 Å². The predicted molar refractivity (Wildman–Crippen MR) is 76.6 cm³/mol. The van der Waals surface area contributed by atoms with E-state index in [0.29, 0.717) is 35.8 Å². The molecule has 2 N–H and O–H groups in total. The third kappa shape index (κ3) is 3.69. The number of halogens is 1. The van der Waals surface area contributed by atoms with Crippen molar-refractivity contribution in [2.75, 3.05) is 18.8 Å². The summed E-state index contributed by atoms with van der Waals surface area (Å²) in [4.78, 5) is 14.1. The van der Waals surface area contributed by atoms with Crippen LogP contribution in [0.3, 0.4) is 0 Å². The van der Waals surface area contributed by atoms with Crippen LogP contribution in [0.15, 0.2) is 12.1 Å². The maximum absolute atomic E-state index is 13.6. The number of nitrogens with zero attached hydrogens (tertiary/aromatic N) is 1. The molecule has 0 fully saturated rings. The number of benzene rings is 1. The first-order valence-electron chi connectivity index (χ1n) is 6.75. The molecule has 3 nitrogen and oxygen atoms in total. The standard InChI is InChI=1S/C15H23FN2O/c1-5-10(3)9-18(6-2)15(19)12-7-13(16)11(4)14(17)8-12/h7-8,10H,5-6,9,17H2,1-4H3. The van der Waals surface area contributed by atoms with E-state index in [-0.39, 0.29) is 5.91 Å². The zero-order valence-corrected chi connectivity index (χ0v) is 12.2. The lowest BCUT2D eigenvalue weighted by molar-refractivity contribution is 0.0740. The fraction of sp³-hybridized carbons (Fsp3) is 0.533. The summed E-state index contributed by atoms with van der Waals surface area (Å²) in [5.74, 6) is -0.159. The SMILES string of the molecule is CCC(C)CN(CC)C(=O)c1cc(N)c(C)c(F)c1. The first kappa shape index (κ1) is 15.5. The molecule has 1 rings (SSSR count). The Morgan fingerprint density at radius 3 is 2.53 bits per heavy atom. The van der Waals surface area contributed by atoms with Crippen LogP contribution >= 0.6 is 0 Å². The minimum atomic E-state index is -0.428. The Hall–Kier alpha value is -1.58. The second-order valence-electron chi connectivity index (χ2n) is 5.03. The van der Waals surface area contributed by atoms with E-state index < -0.39 is 5.82 Å². The fourth-order valence-corrected chi connectivity index (χ4v) is 1.87. The van der Waals surface area contributed by atoms with Crippen LogP contribution < -0.4 is 5.73 Å². The number of amides is 1. The summed E-state index contributed by atoms with van der Waals surface area (Å²) in [6.07, 6.45) is 1.01. The zero-order chi connectivity index (χ0) is 14.6. The minimum Gasteiger partial charge on any atom is -0.398 e. The van der Waals surface area contributed by atoms with E-state index in [9.17, 15) is 9.18 Å². The Labute approximate surface area is 114 Å². The van der Waals surface area contributed by atoms with Gasteiger partial charge in [-0.1, -0.05) is 20.3 Å². The summed E-state index contributed by atoms with van der Waals surface area (Å²) in [6, 6.07) is 2.83. The average Bonchev–Trinajstić information content (AvgIpc) is 2.40. The van der Waals surface area contributed by atoms with Gasteiger partial charge in [0.25, 0.3) is 5.91 Å². The fourth-order valence-electron chi connectivity index (χ4n) is 1.87. The number of hydrogen-bond donors (Lipinski definition) is 1. The molecule has 0 radical (unpaired) electrons. The molecule has 1 aromatic rings. The van der Waals surface area contributed by atoms with E-state index in [1.165, 1.54) is 6.07 Å². The number of carbonyl (C=O) groups is 1. The molecule has 0 aliphatic rings. The van der Waals surface area contributed by atoms with E-state index >= 15 is 0 Å². The molecule has 0 aromatic heterocycles. The molecule has 0 spiro atoms. The van der Waals surface area contributed by atoms with Crippen molar-refractivity contribution >= 4 is 11.6 Å². The van der Waals surface area contributed by atoms with Crippen molar-refractivity contribution in [3.05, 3.63) is 29.1 Å². The molecule has 1 amide bonds. The highest BCUT2D eigenvalue weighted by molar-refractivity contribution is 5.95. The monoisotopic (exact) mass is 266 g/mol. The maximum atomic E-state index is 13.6. The molecular formula is C15H23FN2O. The first-order valence-corrected chi connectivity index (χ1v) is 6.75. The van der Waals surface area contributed by atoms with Gasteiger partial charge < -0.3 is 10.6 Å². The largest absolute Gasteiger partial charge is 0.398 e. The van der Waals surface area contributed by atoms with Crippen LogP contribution in [0.5, 0.6) is 0 Å². The Morgan fingerprint density at radius 2 is 2.05 bits per heavy atom. The van der Waals surface area contributed by atoms with Crippen molar-refractivity contribution < 1.29 is 9.18 Å². The normalized spacial score (nSPS) is 12.3. The van der Waals surface area contributed by atoms with Crippen LogP contribution in [0.2, 0.25) is 0 Å². The lowest BCUT2D eigenvalue weighted by Crippen LogP contribution is -2.34. The third-order valence-corrected chi connectivity index (χ3v) is 3.53. The van der Waals surface area contributed by atoms with E-state index in [2.05, 4.69) is 13.8 Å². The molecular weight excluding hydrogens is 243 g/mol. The Bertz CT molecular complexity index is 436. The van der Waals surface area contributed by atoms with Gasteiger partial charge in [-0.2, -0.15) is 0 Å². The highest BCUT2D eigenvalue weighted by atomic mass is 19.1. The molecule has 1 atom stereocenters. The van der Waals surface area contributed by atoms with E-state index in [4.69, 9.17) is 5.73 Å². The molecule has 1 aromatic carbocycles. The summed E-state index contributed by atoms with van der Waals surface area (Å²) < 4.78 is 13.6. The topological polar surface area (TPSA) is 46.3 Å². The zero-order valence-electron chi connectivity index (χ0n) is 12.2. The highest BCUT2D eigenvalue weighted by Gasteiger charge is 2.18. The van der Waals surface area contributed by atoms with Crippen LogP contribution in [0, 0.1) is 18.7 Å². The van der Waals surface area contributed by atoms with E-state index in [1.54, 1.807) is 17.9 Å². The van der Waals surface area contributed by atoms with Crippen LogP contribution in [0.1, 0.15) is 43.1 Å². The summed E-state index contributed by atoms with van der Waals surface area (Å²) in [7, 11) is 0. The lowest BCUT2D eigenvalue weighted by atomic mass is 10.1. The predicted octanol–water partition coefficient (Wildman–Crippen LogP) is 3.22. The first-order chi connectivity index (χ1) is 8.90. The minimum absolute atomic E-state index is 0.159. The number of nitrogen functional groups attached to an aromatic ring is 1. The Kier molecular flexibility index (Phi) is 5.33. The Balaban J connectivity index is 2.98. The van der Waals surface area contributed by atoms with Crippen LogP contribution in [0.4, 0.5) is 10.1 Å². The second kappa shape index (κ2) is 6.55. The average molecular weight is 266 g/mol. The summed E-state index contributed by atoms with van der Waals surface area (Å²) in [5.41, 5.74) is 6.75. The van der Waals surface area contributed by atoms with Gasteiger partial charge in [-0.3, -0.25) is 4.79 Å². The number of rotatable bonds is 5. The van der Waals surface area contributed by atoms with Gasteiger partial charge in [0.1, 0.15) is 5.82 Å². The molecule has 0 heterocycles. The molecule has 106 valence electrons. The van der Waals surface area contributed by atoms with Crippen molar-refractivity contribution in [3.63, 3.8) is 0 Å². The Morgan fingerprint density at radius 1 is 1.42 bits per heavy atom. The van der Waals surface area contributed by atoms with Crippen molar-refractivity contribution in [2.24, 2.45) is 5.92 Å². The molecule has 1 unspecified atom stereocenters. The van der Waals surface area contributed by atoms with Gasteiger partial charge >= 0.3 is 0 Å². The van der Waals surface area contributed by atoms with Crippen molar-refractivity contribution in [1.29, 1.82) is 0 Å². The van der Waals surface area contributed by atoms with Crippen LogP contribution in [0.25, 0.3) is 0 Å². The van der Waals surface area contributed by atoms with Gasteiger partial charge in [0.2, 0.25) is 0 Å². The van der Waals surface area contributed by atoms with Gasteiger partial charge in [-0.15, -0.1) is 0 Å². The quantitative estimate of drug-likeness (QED) is 0.832. The van der Waals surface area contributed by atoms with Crippen molar-refractivity contribution in [2.45, 2.75) is 34.1 Å². The number of nitrogens with two attached hydrogens (primary N) is 1. The van der Waals surface area contributed by atoms with Gasteiger partial charge in [0, 0.05) is 29.9 Å².